The molecular weight excluding hydrogens is 280 g/mol. The van der Waals surface area contributed by atoms with Gasteiger partial charge in [-0.05, 0) is 18.2 Å². The zero-order chi connectivity index (χ0) is 15.9. The van der Waals surface area contributed by atoms with E-state index >= 15 is 0 Å². The van der Waals surface area contributed by atoms with E-state index in [0.29, 0.717) is 16.8 Å². The van der Waals surface area contributed by atoms with Gasteiger partial charge in [0.15, 0.2) is 5.78 Å². The van der Waals surface area contributed by atoms with Crippen molar-refractivity contribution < 1.29 is 14.4 Å². The number of carbonyl (C=O) groups excluding carboxylic acids is 3. The lowest BCUT2D eigenvalue weighted by Gasteiger charge is -2.06. The number of amides is 2. The minimum atomic E-state index is -0.560. The summed E-state index contributed by atoms with van der Waals surface area (Å²) in [6.45, 7) is 0. The van der Waals surface area contributed by atoms with Crippen molar-refractivity contribution in [2.75, 3.05) is 5.32 Å². The number of hydrogen-bond donors (Lipinski definition) is 2. The number of ketones is 1. The van der Waals surface area contributed by atoms with Crippen molar-refractivity contribution in [1.29, 1.82) is 0 Å². The third-order valence-corrected chi connectivity index (χ3v) is 3.11. The van der Waals surface area contributed by atoms with E-state index < -0.39 is 5.91 Å². The lowest BCUT2D eigenvalue weighted by molar-refractivity contribution is -0.116. The van der Waals surface area contributed by atoms with Gasteiger partial charge in [0, 0.05) is 29.7 Å². The molecule has 0 atom stereocenters. The third-order valence-electron chi connectivity index (χ3n) is 3.11. The molecular formula is C17H16N2O3. The summed E-state index contributed by atoms with van der Waals surface area (Å²) < 4.78 is 0. The molecule has 0 aliphatic heterocycles. The zero-order valence-corrected chi connectivity index (χ0v) is 11.9. The Labute approximate surface area is 128 Å². The smallest absolute Gasteiger partial charge is 0.248 e. The van der Waals surface area contributed by atoms with Crippen LogP contribution in [0.5, 0.6) is 0 Å². The first kappa shape index (κ1) is 15.4. The summed E-state index contributed by atoms with van der Waals surface area (Å²) in [5.74, 6) is -0.928. The first-order chi connectivity index (χ1) is 10.6. The van der Waals surface area contributed by atoms with Crippen LogP contribution in [0, 0.1) is 0 Å². The molecule has 22 heavy (non-hydrogen) atoms. The molecule has 2 rings (SSSR count). The normalized spacial score (nSPS) is 10.0. The van der Waals surface area contributed by atoms with Gasteiger partial charge in [0.1, 0.15) is 0 Å². The highest BCUT2D eigenvalue weighted by molar-refractivity contribution is 6.00. The van der Waals surface area contributed by atoms with E-state index in [4.69, 9.17) is 5.73 Å². The minimum absolute atomic E-state index is 0.0779. The van der Waals surface area contributed by atoms with Crippen LogP contribution in [-0.2, 0) is 4.79 Å². The number of rotatable bonds is 6. The average Bonchev–Trinajstić information content (AvgIpc) is 2.53. The lowest BCUT2D eigenvalue weighted by atomic mass is 10.1. The lowest BCUT2D eigenvalue weighted by Crippen LogP contribution is -2.15. The summed E-state index contributed by atoms with van der Waals surface area (Å²) in [4.78, 5) is 34.8. The number of Topliss-reactive ketones (excluding diaryl/α,β-unsaturated/α-hetero) is 1. The van der Waals surface area contributed by atoms with Gasteiger partial charge in [0.25, 0.3) is 0 Å². The molecule has 5 nitrogen and oxygen atoms in total. The van der Waals surface area contributed by atoms with E-state index in [1.165, 1.54) is 6.07 Å². The van der Waals surface area contributed by atoms with E-state index in [-0.39, 0.29) is 24.5 Å². The van der Waals surface area contributed by atoms with Gasteiger partial charge in [-0.25, -0.2) is 0 Å². The summed E-state index contributed by atoms with van der Waals surface area (Å²) in [5.41, 5.74) is 6.57. The van der Waals surface area contributed by atoms with Gasteiger partial charge in [-0.3, -0.25) is 14.4 Å². The zero-order valence-electron chi connectivity index (χ0n) is 11.9. The predicted octanol–water partition coefficient (Wildman–Crippen LogP) is 2.39. The molecule has 0 aromatic heterocycles. The summed E-state index contributed by atoms with van der Waals surface area (Å²) >= 11 is 0. The maximum atomic E-state index is 11.9. The van der Waals surface area contributed by atoms with Crippen molar-refractivity contribution in [3.8, 4) is 0 Å². The fraction of sp³-hybridized carbons (Fsp3) is 0.118. The average molecular weight is 296 g/mol. The van der Waals surface area contributed by atoms with Crippen molar-refractivity contribution in [2.45, 2.75) is 12.8 Å². The monoisotopic (exact) mass is 296 g/mol. The van der Waals surface area contributed by atoms with E-state index in [2.05, 4.69) is 5.32 Å². The Morgan fingerprint density at radius 1 is 0.864 bits per heavy atom. The van der Waals surface area contributed by atoms with E-state index in [9.17, 15) is 14.4 Å². The highest BCUT2D eigenvalue weighted by Gasteiger charge is 2.10. The fourth-order valence-electron chi connectivity index (χ4n) is 1.97. The predicted molar refractivity (Wildman–Crippen MR) is 83.6 cm³/mol. The molecule has 0 radical (unpaired) electrons. The van der Waals surface area contributed by atoms with Crippen LogP contribution in [0.2, 0.25) is 0 Å². The first-order valence-electron chi connectivity index (χ1n) is 6.84. The van der Waals surface area contributed by atoms with Gasteiger partial charge in [-0.2, -0.15) is 0 Å². The van der Waals surface area contributed by atoms with Crippen molar-refractivity contribution >= 4 is 23.3 Å². The van der Waals surface area contributed by atoms with Crippen LogP contribution >= 0.6 is 0 Å². The number of primary amides is 1. The van der Waals surface area contributed by atoms with Crippen molar-refractivity contribution in [3.05, 3.63) is 65.7 Å². The van der Waals surface area contributed by atoms with Gasteiger partial charge >= 0.3 is 0 Å². The molecule has 112 valence electrons. The van der Waals surface area contributed by atoms with Crippen LogP contribution in [0.1, 0.15) is 33.6 Å². The molecule has 0 fully saturated rings. The highest BCUT2D eigenvalue weighted by atomic mass is 16.2. The van der Waals surface area contributed by atoms with E-state index in [0.717, 1.165) is 0 Å². The maximum Gasteiger partial charge on any atom is 0.248 e. The summed E-state index contributed by atoms with van der Waals surface area (Å²) in [7, 11) is 0. The number of anilines is 1. The van der Waals surface area contributed by atoms with Crippen LogP contribution in [0.25, 0.3) is 0 Å². The van der Waals surface area contributed by atoms with Crippen molar-refractivity contribution in [2.24, 2.45) is 5.73 Å². The van der Waals surface area contributed by atoms with Gasteiger partial charge < -0.3 is 11.1 Å². The van der Waals surface area contributed by atoms with Crippen molar-refractivity contribution in [3.63, 3.8) is 0 Å². The second kappa shape index (κ2) is 7.17. The van der Waals surface area contributed by atoms with E-state index in [1.807, 2.05) is 6.07 Å². The number of benzene rings is 2. The van der Waals surface area contributed by atoms with Gasteiger partial charge in [-0.1, -0.05) is 36.4 Å². The molecule has 0 heterocycles. The largest absolute Gasteiger partial charge is 0.366 e. The van der Waals surface area contributed by atoms with Gasteiger partial charge in [0.2, 0.25) is 11.8 Å². The van der Waals surface area contributed by atoms with Crippen molar-refractivity contribution in [1.82, 2.24) is 0 Å². The van der Waals surface area contributed by atoms with Crippen LogP contribution < -0.4 is 11.1 Å². The molecule has 3 N–H and O–H groups in total. The van der Waals surface area contributed by atoms with Gasteiger partial charge in [0.05, 0.1) is 0 Å². The number of nitrogens with one attached hydrogen (secondary N) is 1. The molecule has 2 aromatic rings. The Morgan fingerprint density at radius 2 is 1.55 bits per heavy atom. The molecule has 2 aromatic carbocycles. The Hall–Kier alpha value is -2.95. The quantitative estimate of drug-likeness (QED) is 0.802. The molecule has 5 heteroatoms. The second-order valence-electron chi connectivity index (χ2n) is 4.78. The number of nitrogens with two attached hydrogens (primary N) is 1. The third kappa shape index (κ3) is 4.28. The maximum absolute atomic E-state index is 11.9. The Morgan fingerprint density at radius 3 is 2.23 bits per heavy atom. The van der Waals surface area contributed by atoms with Crippen LogP contribution in [0.15, 0.2) is 54.6 Å². The summed E-state index contributed by atoms with van der Waals surface area (Å²) in [5, 5.41) is 2.65. The van der Waals surface area contributed by atoms with Gasteiger partial charge in [-0.15, -0.1) is 0 Å². The SMILES string of the molecule is NC(=O)c1cccc(NC(=O)CCC(=O)c2ccccc2)c1. The van der Waals surface area contributed by atoms with Crippen LogP contribution in [-0.4, -0.2) is 17.6 Å². The Bertz CT molecular complexity index is 696. The number of hydrogen-bond acceptors (Lipinski definition) is 3. The Kier molecular flexibility index (Phi) is 5.03. The highest BCUT2D eigenvalue weighted by Crippen LogP contribution is 2.11. The molecule has 0 aliphatic carbocycles. The minimum Gasteiger partial charge on any atom is -0.366 e. The number of carbonyl (C=O) groups is 3. The molecule has 0 saturated carbocycles. The second-order valence-corrected chi connectivity index (χ2v) is 4.78. The Balaban J connectivity index is 1.89. The molecule has 2 amide bonds. The molecule has 0 unspecified atom stereocenters. The van der Waals surface area contributed by atoms with Crippen LogP contribution in [0.4, 0.5) is 5.69 Å². The molecule has 0 spiro atoms. The summed E-state index contributed by atoms with van der Waals surface area (Å²) in [6, 6.07) is 15.2. The first-order valence-corrected chi connectivity index (χ1v) is 6.84. The molecule has 0 saturated heterocycles. The van der Waals surface area contributed by atoms with Crippen LogP contribution in [0.3, 0.4) is 0 Å². The molecule has 0 bridgehead atoms. The summed E-state index contributed by atoms with van der Waals surface area (Å²) in [6.07, 6.45) is 0.208. The topological polar surface area (TPSA) is 89.3 Å². The standard InChI is InChI=1S/C17H16N2O3/c18-17(22)13-7-4-8-14(11-13)19-16(21)10-9-15(20)12-5-2-1-3-6-12/h1-8,11H,9-10H2,(H2,18,22)(H,19,21). The molecule has 0 aliphatic rings. The fourth-order valence-corrected chi connectivity index (χ4v) is 1.97. The van der Waals surface area contributed by atoms with E-state index in [1.54, 1.807) is 42.5 Å².